The fourth-order valence-corrected chi connectivity index (χ4v) is 5.23. The average Bonchev–Trinajstić information content (AvgIpc) is 3.51. The topological polar surface area (TPSA) is 96.7 Å². The Labute approximate surface area is 192 Å². The van der Waals surface area contributed by atoms with Crippen LogP contribution in [-0.2, 0) is 5.75 Å². The first kappa shape index (κ1) is 20.5. The van der Waals surface area contributed by atoms with Gasteiger partial charge in [0.05, 0.1) is 0 Å². The quantitative estimate of drug-likeness (QED) is 0.309. The molecule has 160 valence electrons. The fraction of sp³-hybridized carbons (Fsp3) is 0.130. The molecular formula is C23H19N5O2S2. The van der Waals surface area contributed by atoms with Gasteiger partial charge in [-0.3, -0.25) is 9.89 Å². The van der Waals surface area contributed by atoms with Crippen LogP contribution < -0.4 is 5.32 Å². The Morgan fingerprint density at radius 2 is 2.03 bits per heavy atom. The van der Waals surface area contributed by atoms with Gasteiger partial charge in [0.2, 0.25) is 0 Å². The van der Waals surface area contributed by atoms with Crippen molar-refractivity contribution in [1.82, 2.24) is 20.2 Å². The lowest BCUT2D eigenvalue weighted by Crippen LogP contribution is -2.12. The summed E-state index contributed by atoms with van der Waals surface area (Å²) in [6.45, 7) is 3.82. The van der Waals surface area contributed by atoms with E-state index < -0.39 is 0 Å². The van der Waals surface area contributed by atoms with Crippen molar-refractivity contribution >= 4 is 45.7 Å². The largest absolute Gasteiger partial charge is 0.451 e. The minimum Gasteiger partial charge on any atom is -0.451 e. The van der Waals surface area contributed by atoms with Crippen LogP contribution in [-0.4, -0.2) is 26.1 Å². The molecule has 0 aliphatic rings. The van der Waals surface area contributed by atoms with E-state index in [9.17, 15) is 4.79 Å². The maximum atomic E-state index is 13.2. The number of thioether (sulfide) groups is 1. The predicted molar refractivity (Wildman–Crippen MR) is 127 cm³/mol. The molecule has 0 bridgehead atoms. The number of aromatic nitrogens is 4. The highest BCUT2D eigenvalue weighted by Gasteiger charge is 2.21. The standard InChI is InChI=1S/C23H19N5O2S2/c1-13-11-31-23(24-13)32-12-18-17-8-3-4-9-19(17)30-20(18)22(29)26-16-7-5-6-15(10-16)21-25-14(2)27-28-21/h3-11H,12H2,1-2H3,(H,26,29)(H,25,27,28). The number of thiazole rings is 1. The third-order valence-corrected chi connectivity index (χ3v) is 6.98. The van der Waals surface area contributed by atoms with Crippen LogP contribution in [0.4, 0.5) is 5.69 Å². The predicted octanol–water partition coefficient (Wildman–Crippen LogP) is 5.84. The number of rotatable bonds is 6. The van der Waals surface area contributed by atoms with Crippen LogP contribution in [0.25, 0.3) is 22.4 Å². The van der Waals surface area contributed by atoms with E-state index in [1.165, 1.54) is 0 Å². The van der Waals surface area contributed by atoms with Crippen molar-refractivity contribution in [2.24, 2.45) is 0 Å². The summed E-state index contributed by atoms with van der Waals surface area (Å²) in [4.78, 5) is 22.1. The minimum absolute atomic E-state index is 0.296. The zero-order valence-electron chi connectivity index (χ0n) is 17.4. The van der Waals surface area contributed by atoms with Crippen LogP contribution in [0.2, 0.25) is 0 Å². The number of benzene rings is 2. The van der Waals surface area contributed by atoms with Crippen LogP contribution >= 0.6 is 23.1 Å². The first-order chi connectivity index (χ1) is 15.6. The number of amides is 1. The summed E-state index contributed by atoms with van der Waals surface area (Å²) >= 11 is 3.20. The lowest BCUT2D eigenvalue weighted by molar-refractivity contribution is 0.0998. The SMILES string of the molecule is Cc1csc(SCc2c(C(=O)Nc3cccc(-c4n[nH]c(C)n4)c3)oc3ccccc23)n1. The van der Waals surface area contributed by atoms with Crippen molar-refractivity contribution in [3.8, 4) is 11.4 Å². The first-order valence-corrected chi connectivity index (χ1v) is 11.8. The Kier molecular flexibility index (Phi) is 5.50. The Morgan fingerprint density at radius 1 is 1.16 bits per heavy atom. The van der Waals surface area contributed by atoms with Crippen LogP contribution in [0.1, 0.15) is 27.6 Å². The third-order valence-electron chi connectivity index (χ3n) is 4.82. The molecule has 5 rings (SSSR count). The Bertz CT molecular complexity index is 1420. The van der Waals surface area contributed by atoms with Crippen molar-refractivity contribution in [3.63, 3.8) is 0 Å². The van der Waals surface area contributed by atoms with Gasteiger partial charge in [-0.2, -0.15) is 5.10 Å². The second-order valence-electron chi connectivity index (χ2n) is 7.23. The number of carbonyl (C=O) groups excluding carboxylic acids is 1. The number of aromatic amines is 1. The maximum absolute atomic E-state index is 13.2. The number of carbonyl (C=O) groups is 1. The normalized spacial score (nSPS) is 11.2. The zero-order chi connectivity index (χ0) is 22.1. The molecule has 0 aliphatic heterocycles. The summed E-state index contributed by atoms with van der Waals surface area (Å²) in [6, 6.07) is 15.1. The Morgan fingerprint density at radius 3 is 2.81 bits per heavy atom. The van der Waals surface area contributed by atoms with Gasteiger partial charge in [0, 0.05) is 39.0 Å². The molecule has 0 aliphatic carbocycles. The van der Waals surface area contributed by atoms with E-state index in [1.807, 2.05) is 67.8 Å². The molecule has 3 heterocycles. The number of fused-ring (bicyclic) bond motifs is 1. The molecule has 0 atom stereocenters. The molecule has 0 fully saturated rings. The number of nitrogens with one attached hydrogen (secondary N) is 2. The molecule has 0 radical (unpaired) electrons. The summed E-state index contributed by atoms with van der Waals surface area (Å²) < 4.78 is 6.94. The highest BCUT2D eigenvalue weighted by Crippen LogP contribution is 2.33. The van der Waals surface area contributed by atoms with Gasteiger partial charge in [0.15, 0.2) is 11.6 Å². The van der Waals surface area contributed by atoms with Crippen molar-refractivity contribution in [1.29, 1.82) is 0 Å². The molecule has 0 unspecified atom stereocenters. The maximum Gasteiger partial charge on any atom is 0.291 e. The second kappa shape index (κ2) is 8.60. The summed E-state index contributed by atoms with van der Waals surface area (Å²) in [6.07, 6.45) is 0. The number of nitrogens with zero attached hydrogens (tertiary/aromatic N) is 3. The molecule has 2 aromatic carbocycles. The van der Waals surface area contributed by atoms with Gasteiger partial charge in [-0.1, -0.05) is 42.1 Å². The number of hydrogen-bond donors (Lipinski definition) is 2. The molecule has 9 heteroatoms. The molecule has 32 heavy (non-hydrogen) atoms. The second-order valence-corrected chi connectivity index (χ2v) is 9.31. The van der Waals surface area contributed by atoms with Crippen LogP contribution in [0.5, 0.6) is 0 Å². The van der Waals surface area contributed by atoms with E-state index in [0.717, 1.165) is 32.4 Å². The van der Waals surface area contributed by atoms with Crippen LogP contribution in [0.15, 0.2) is 62.7 Å². The van der Waals surface area contributed by atoms with Gasteiger partial charge in [-0.25, -0.2) is 9.97 Å². The van der Waals surface area contributed by atoms with Crippen molar-refractivity contribution in [2.45, 2.75) is 23.9 Å². The molecule has 5 aromatic rings. The number of anilines is 1. The smallest absolute Gasteiger partial charge is 0.291 e. The van der Waals surface area contributed by atoms with Gasteiger partial charge < -0.3 is 9.73 Å². The van der Waals surface area contributed by atoms with E-state index in [1.54, 1.807) is 23.1 Å². The molecule has 3 aromatic heterocycles. The zero-order valence-corrected chi connectivity index (χ0v) is 19.0. The molecule has 7 nitrogen and oxygen atoms in total. The minimum atomic E-state index is -0.296. The number of furan rings is 1. The van der Waals surface area contributed by atoms with E-state index in [-0.39, 0.29) is 5.91 Å². The van der Waals surface area contributed by atoms with Gasteiger partial charge in [-0.15, -0.1) is 11.3 Å². The van der Waals surface area contributed by atoms with E-state index in [0.29, 0.717) is 28.6 Å². The molecule has 0 saturated heterocycles. The van der Waals surface area contributed by atoms with Gasteiger partial charge in [0.25, 0.3) is 5.91 Å². The van der Waals surface area contributed by atoms with Crippen LogP contribution in [0.3, 0.4) is 0 Å². The monoisotopic (exact) mass is 461 g/mol. The average molecular weight is 462 g/mol. The summed E-state index contributed by atoms with van der Waals surface area (Å²) in [5.74, 6) is 1.91. The molecule has 1 amide bonds. The van der Waals surface area contributed by atoms with Crippen LogP contribution in [0, 0.1) is 13.8 Å². The molecule has 2 N–H and O–H groups in total. The number of H-pyrrole nitrogens is 1. The molecule has 0 spiro atoms. The lowest BCUT2D eigenvalue weighted by Gasteiger charge is -2.06. The molecule has 0 saturated carbocycles. The fourth-order valence-electron chi connectivity index (χ4n) is 3.35. The van der Waals surface area contributed by atoms with Crippen molar-refractivity contribution in [3.05, 3.63) is 76.8 Å². The van der Waals surface area contributed by atoms with Gasteiger partial charge >= 0.3 is 0 Å². The van der Waals surface area contributed by atoms with Gasteiger partial charge in [0.1, 0.15) is 15.7 Å². The van der Waals surface area contributed by atoms with Crippen molar-refractivity contribution < 1.29 is 9.21 Å². The third kappa shape index (κ3) is 4.17. The number of aryl methyl sites for hydroxylation is 2. The van der Waals surface area contributed by atoms with Gasteiger partial charge in [-0.05, 0) is 32.0 Å². The highest BCUT2D eigenvalue weighted by molar-refractivity contribution is 8.00. The van der Waals surface area contributed by atoms with Crippen molar-refractivity contribution in [2.75, 3.05) is 5.32 Å². The molecular weight excluding hydrogens is 442 g/mol. The van der Waals surface area contributed by atoms with E-state index in [2.05, 4.69) is 25.5 Å². The first-order valence-electron chi connectivity index (χ1n) is 9.93. The Hall–Kier alpha value is -3.43. The summed E-state index contributed by atoms with van der Waals surface area (Å²) in [5.41, 5.74) is 4.00. The van der Waals surface area contributed by atoms with E-state index in [4.69, 9.17) is 4.42 Å². The number of hydrogen-bond acceptors (Lipinski definition) is 7. The highest BCUT2D eigenvalue weighted by atomic mass is 32.2. The lowest BCUT2D eigenvalue weighted by atomic mass is 10.1. The summed E-state index contributed by atoms with van der Waals surface area (Å²) in [5, 5.41) is 12.9. The Balaban J connectivity index is 1.43. The number of para-hydroxylation sites is 1. The van der Waals surface area contributed by atoms with E-state index >= 15 is 0 Å². The summed E-state index contributed by atoms with van der Waals surface area (Å²) in [7, 11) is 0.